The van der Waals surface area contributed by atoms with Crippen LogP contribution in [-0.4, -0.2) is 35.2 Å². The average molecular weight is 339 g/mol. The van der Waals surface area contributed by atoms with Crippen LogP contribution in [0.25, 0.3) is 10.9 Å². The summed E-state index contributed by atoms with van der Waals surface area (Å²) < 4.78 is 5.57. The topological polar surface area (TPSA) is 88.5 Å². The SMILES string of the molecule is O=C(O)COCC(=O)Nc1cccc2cc(Br)cnc12. The molecular weight excluding hydrogens is 328 g/mol. The van der Waals surface area contributed by atoms with Crippen LogP contribution in [-0.2, 0) is 14.3 Å². The second-order valence-corrected chi connectivity index (χ2v) is 4.88. The summed E-state index contributed by atoms with van der Waals surface area (Å²) in [6.45, 7) is -0.826. The molecule has 6 nitrogen and oxygen atoms in total. The zero-order valence-corrected chi connectivity index (χ0v) is 11.9. The molecule has 20 heavy (non-hydrogen) atoms. The molecule has 104 valence electrons. The van der Waals surface area contributed by atoms with E-state index in [0.29, 0.717) is 11.2 Å². The van der Waals surface area contributed by atoms with Crippen molar-refractivity contribution in [2.45, 2.75) is 0 Å². The smallest absolute Gasteiger partial charge is 0.329 e. The van der Waals surface area contributed by atoms with E-state index in [2.05, 4.69) is 26.2 Å². The van der Waals surface area contributed by atoms with Crippen molar-refractivity contribution in [1.82, 2.24) is 4.98 Å². The molecule has 1 aromatic carbocycles. The van der Waals surface area contributed by atoms with E-state index in [1.165, 1.54) is 0 Å². The van der Waals surface area contributed by atoms with Crippen LogP contribution >= 0.6 is 15.9 Å². The monoisotopic (exact) mass is 338 g/mol. The molecule has 0 bridgehead atoms. The molecule has 0 saturated carbocycles. The van der Waals surface area contributed by atoms with Crippen molar-refractivity contribution in [1.29, 1.82) is 0 Å². The maximum absolute atomic E-state index is 11.6. The summed E-state index contributed by atoms with van der Waals surface area (Å²) in [7, 11) is 0. The van der Waals surface area contributed by atoms with E-state index in [1.807, 2.05) is 12.1 Å². The molecule has 7 heteroatoms. The van der Waals surface area contributed by atoms with E-state index >= 15 is 0 Å². The number of nitrogens with zero attached hydrogens (tertiary/aromatic N) is 1. The van der Waals surface area contributed by atoms with Gasteiger partial charge >= 0.3 is 5.97 Å². The number of halogens is 1. The summed E-state index contributed by atoms with van der Waals surface area (Å²) in [5, 5.41) is 11.9. The summed E-state index contributed by atoms with van der Waals surface area (Å²) in [5.41, 5.74) is 1.21. The molecular formula is C13H11BrN2O4. The lowest BCUT2D eigenvalue weighted by molar-refractivity contribution is -0.143. The first-order valence-corrected chi connectivity index (χ1v) is 6.49. The summed E-state index contributed by atoms with van der Waals surface area (Å²) in [4.78, 5) is 26.2. The van der Waals surface area contributed by atoms with E-state index in [-0.39, 0.29) is 6.61 Å². The van der Waals surface area contributed by atoms with Crippen LogP contribution in [0, 0.1) is 0 Å². The van der Waals surface area contributed by atoms with Crippen molar-refractivity contribution >= 4 is 44.4 Å². The number of carbonyl (C=O) groups excluding carboxylic acids is 1. The van der Waals surface area contributed by atoms with E-state index in [1.54, 1.807) is 18.3 Å². The fraction of sp³-hybridized carbons (Fsp3) is 0.154. The number of nitrogens with one attached hydrogen (secondary N) is 1. The molecule has 0 fully saturated rings. The van der Waals surface area contributed by atoms with Gasteiger partial charge in [-0.25, -0.2) is 4.79 Å². The molecule has 0 spiro atoms. The fourth-order valence-corrected chi connectivity index (χ4v) is 2.00. The van der Waals surface area contributed by atoms with E-state index in [9.17, 15) is 9.59 Å². The Balaban J connectivity index is 2.09. The van der Waals surface area contributed by atoms with Gasteiger partial charge in [-0.1, -0.05) is 12.1 Å². The lowest BCUT2D eigenvalue weighted by Crippen LogP contribution is -2.20. The molecule has 2 rings (SSSR count). The first-order valence-electron chi connectivity index (χ1n) is 5.70. The van der Waals surface area contributed by atoms with Crippen molar-refractivity contribution < 1.29 is 19.4 Å². The van der Waals surface area contributed by atoms with Crippen LogP contribution in [0.5, 0.6) is 0 Å². The molecule has 2 N–H and O–H groups in total. The molecule has 2 aromatic rings. The molecule has 1 aromatic heterocycles. The van der Waals surface area contributed by atoms with Crippen molar-refractivity contribution in [2.75, 3.05) is 18.5 Å². The van der Waals surface area contributed by atoms with Gasteiger partial charge in [0, 0.05) is 16.1 Å². The number of hydrogen-bond acceptors (Lipinski definition) is 4. The molecule has 1 amide bonds. The Labute approximate surface area is 122 Å². The predicted molar refractivity (Wildman–Crippen MR) is 76.5 cm³/mol. The van der Waals surface area contributed by atoms with Crippen LogP contribution < -0.4 is 5.32 Å². The van der Waals surface area contributed by atoms with Crippen LogP contribution in [0.1, 0.15) is 0 Å². The second kappa shape index (κ2) is 6.44. The summed E-state index contributed by atoms with van der Waals surface area (Å²) in [6, 6.07) is 7.28. The third kappa shape index (κ3) is 3.75. The van der Waals surface area contributed by atoms with Gasteiger partial charge in [0.1, 0.15) is 13.2 Å². The molecule has 1 heterocycles. The summed E-state index contributed by atoms with van der Waals surface area (Å²) in [5.74, 6) is -1.54. The third-order valence-corrected chi connectivity index (χ3v) is 2.84. The molecule has 0 aliphatic rings. The number of aliphatic carboxylic acids is 1. The maximum Gasteiger partial charge on any atom is 0.329 e. The predicted octanol–water partition coefficient (Wildman–Crippen LogP) is 2.04. The minimum Gasteiger partial charge on any atom is -0.480 e. The van der Waals surface area contributed by atoms with E-state index in [0.717, 1.165) is 9.86 Å². The Morgan fingerprint density at radius 1 is 1.35 bits per heavy atom. The highest BCUT2D eigenvalue weighted by Gasteiger charge is 2.08. The minimum atomic E-state index is -1.12. The first-order chi connectivity index (χ1) is 9.56. The number of fused-ring (bicyclic) bond motifs is 1. The number of carboxylic acids is 1. The highest BCUT2D eigenvalue weighted by Crippen LogP contribution is 2.23. The van der Waals surface area contributed by atoms with Crippen molar-refractivity contribution in [3.8, 4) is 0 Å². The Hall–Kier alpha value is -1.99. The number of carboxylic acid groups (broad SMARTS) is 1. The minimum absolute atomic E-state index is 0.320. The number of aromatic nitrogens is 1. The molecule has 0 radical (unpaired) electrons. The van der Waals surface area contributed by atoms with Gasteiger partial charge in [-0.05, 0) is 28.1 Å². The Morgan fingerprint density at radius 2 is 2.15 bits per heavy atom. The summed E-state index contributed by atoms with van der Waals surface area (Å²) >= 11 is 3.33. The molecule has 0 saturated heterocycles. The number of pyridine rings is 1. The highest BCUT2D eigenvalue weighted by atomic mass is 79.9. The van der Waals surface area contributed by atoms with Gasteiger partial charge in [-0.15, -0.1) is 0 Å². The molecule has 0 aliphatic heterocycles. The molecule has 0 unspecified atom stereocenters. The number of rotatable bonds is 5. The zero-order valence-electron chi connectivity index (χ0n) is 10.3. The normalized spacial score (nSPS) is 10.4. The lowest BCUT2D eigenvalue weighted by Gasteiger charge is -2.08. The van der Waals surface area contributed by atoms with Crippen LogP contribution in [0.3, 0.4) is 0 Å². The number of hydrogen-bond donors (Lipinski definition) is 2. The Kier molecular flexibility index (Phi) is 4.65. The van der Waals surface area contributed by atoms with Gasteiger partial charge in [0.05, 0.1) is 11.2 Å². The van der Waals surface area contributed by atoms with Gasteiger partial charge in [-0.2, -0.15) is 0 Å². The largest absolute Gasteiger partial charge is 0.480 e. The lowest BCUT2D eigenvalue weighted by atomic mass is 10.2. The van der Waals surface area contributed by atoms with Gasteiger partial charge in [0.25, 0.3) is 0 Å². The molecule has 0 atom stereocenters. The van der Waals surface area contributed by atoms with Crippen LogP contribution in [0.15, 0.2) is 34.9 Å². The Morgan fingerprint density at radius 3 is 2.90 bits per heavy atom. The average Bonchev–Trinajstić information content (AvgIpc) is 2.38. The summed E-state index contributed by atoms with van der Waals surface area (Å²) in [6.07, 6.45) is 1.64. The number of anilines is 1. The van der Waals surface area contributed by atoms with Crippen LogP contribution in [0.4, 0.5) is 5.69 Å². The Bertz CT molecular complexity index is 660. The van der Waals surface area contributed by atoms with Crippen LogP contribution in [0.2, 0.25) is 0 Å². The van der Waals surface area contributed by atoms with Gasteiger partial charge < -0.3 is 15.2 Å². The van der Waals surface area contributed by atoms with Gasteiger partial charge in [-0.3, -0.25) is 9.78 Å². The zero-order chi connectivity index (χ0) is 14.5. The highest BCUT2D eigenvalue weighted by molar-refractivity contribution is 9.10. The quantitative estimate of drug-likeness (QED) is 0.870. The number of benzene rings is 1. The number of para-hydroxylation sites is 1. The number of amides is 1. The number of ether oxygens (including phenoxy) is 1. The van der Waals surface area contributed by atoms with Crippen molar-refractivity contribution in [3.63, 3.8) is 0 Å². The third-order valence-electron chi connectivity index (χ3n) is 2.41. The maximum atomic E-state index is 11.6. The van der Waals surface area contributed by atoms with E-state index in [4.69, 9.17) is 9.84 Å². The first kappa shape index (κ1) is 14.4. The van der Waals surface area contributed by atoms with E-state index < -0.39 is 18.5 Å². The fourth-order valence-electron chi connectivity index (χ4n) is 1.65. The second-order valence-electron chi connectivity index (χ2n) is 3.97. The van der Waals surface area contributed by atoms with Crippen molar-refractivity contribution in [3.05, 3.63) is 34.9 Å². The molecule has 0 aliphatic carbocycles. The van der Waals surface area contributed by atoms with Gasteiger partial charge in [0.15, 0.2) is 0 Å². The number of carbonyl (C=O) groups is 2. The van der Waals surface area contributed by atoms with Gasteiger partial charge in [0.2, 0.25) is 5.91 Å². The standard InChI is InChI=1S/C13H11BrN2O4/c14-9-4-8-2-1-3-10(13(8)15-5-9)16-11(17)6-20-7-12(18)19/h1-5H,6-7H2,(H,16,17)(H,18,19). The van der Waals surface area contributed by atoms with Crippen molar-refractivity contribution in [2.24, 2.45) is 0 Å².